The molecule has 0 aliphatic carbocycles. The third-order valence-electron chi connectivity index (χ3n) is 2.50. The lowest BCUT2D eigenvalue weighted by Crippen LogP contribution is -1.88. The second-order valence-corrected chi connectivity index (χ2v) is 3.46. The summed E-state index contributed by atoms with van der Waals surface area (Å²) in [7, 11) is 1.65. The largest absolute Gasteiger partial charge is 0.497 e. The molecule has 2 aromatic carbocycles. The molecule has 0 atom stereocenters. The molecule has 0 fully saturated rings. The van der Waals surface area contributed by atoms with Crippen LogP contribution in [0.2, 0.25) is 0 Å². The number of hydrogen-bond acceptors (Lipinski definition) is 2. The van der Waals surface area contributed by atoms with E-state index in [1.807, 2.05) is 48.5 Å². The third-order valence-corrected chi connectivity index (χ3v) is 2.50. The Hall–Kier alpha value is -2.09. The second-order valence-electron chi connectivity index (χ2n) is 3.46. The number of methoxy groups -OCH3 is 1. The maximum Gasteiger partial charge on any atom is 0.119 e. The summed E-state index contributed by atoms with van der Waals surface area (Å²) < 4.78 is 5.19. The van der Waals surface area contributed by atoms with Crippen LogP contribution < -0.4 is 4.74 Å². The van der Waals surface area contributed by atoms with Gasteiger partial charge >= 0.3 is 0 Å². The van der Waals surface area contributed by atoms with Crippen LogP contribution >= 0.6 is 0 Å². The lowest BCUT2D eigenvalue weighted by molar-refractivity contribution is 0.415. The molecule has 80 valence electrons. The van der Waals surface area contributed by atoms with Gasteiger partial charge < -0.3 is 10.1 Å². The zero-order valence-electron chi connectivity index (χ0n) is 9.10. The van der Waals surface area contributed by atoms with Crippen LogP contribution in [-0.4, -0.2) is 13.3 Å². The van der Waals surface area contributed by atoms with E-state index in [1.165, 1.54) is 6.21 Å². The van der Waals surface area contributed by atoms with Gasteiger partial charge in [-0.25, -0.2) is 0 Å². The van der Waals surface area contributed by atoms with Crippen molar-refractivity contribution in [3.63, 3.8) is 0 Å². The van der Waals surface area contributed by atoms with E-state index in [1.54, 1.807) is 7.11 Å². The molecule has 2 heteroatoms. The molecule has 2 nitrogen and oxygen atoms in total. The van der Waals surface area contributed by atoms with Crippen LogP contribution in [0.4, 0.5) is 0 Å². The molecule has 0 aliphatic heterocycles. The van der Waals surface area contributed by atoms with E-state index in [4.69, 9.17) is 10.1 Å². The van der Waals surface area contributed by atoms with Crippen LogP contribution in [0.15, 0.2) is 48.5 Å². The Kier molecular flexibility index (Phi) is 3.01. The molecular weight excluding hydrogens is 198 g/mol. The van der Waals surface area contributed by atoms with Gasteiger partial charge in [-0.2, -0.15) is 0 Å². The number of nitrogens with one attached hydrogen (secondary N) is 1. The van der Waals surface area contributed by atoms with Gasteiger partial charge in [0.15, 0.2) is 0 Å². The second kappa shape index (κ2) is 4.62. The maximum absolute atomic E-state index is 7.38. The molecular formula is C14H13NO. The van der Waals surface area contributed by atoms with Crippen molar-refractivity contribution in [3.8, 4) is 16.9 Å². The van der Waals surface area contributed by atoms with E-state index >= 15 is 0 Å². The predicted octanol–water partition coefficient (Wildman–Crippen LogP) is 3.36. The SMILES string of the molecule is COc1cccc(-c2ccccc2C=N)c1. The van der Waals surface area contributed by atoms with Gasteiger partial charge in [0.1, 0.15) is 5.75 Å². The lowest BCUT2D eigenvalue weighted by Gasteiger charge is -2.07. The van der Waals surface area contributed by atoms with Crippen molar-refractivity contribution >= 4 is 6.21 Å². The lowest BCUT2D eigenvalue weighted by atomic mass is 10.0. The van der Waals surface area contributed by atoms with Crippen LogP contribution in [0.3, 0.4) is 0 Å². The summed E-state index contributed by atoms with van der Waals surface area (Å²) in [6.45, 7) is 0. The van der Waals surface area contributed by atoms with Crippen molar-refractivity contribution in [1.82, 2.24) is 0 Å². The molecule has 1 N–H and O–H groups in total. The monoisotopic (exact) mass is 211 g/mol. The van der Waals surface area contributed by atoms with E-state index in [0.29, 0.717) is 0 Å². The summed E-state index contributed by atoms with van der Waals surface area (Å²) in [6.07, 6.45) is 1.37. The highest BCUT2D eigenvalue weighted by Crippen LogP contribution is 2.25. The molecule has 0 unspecified atom stereocenters. The fourth-order valence-electron chi connectivity index (χ4n) is 1.68. The van der Waals surface area contributed by atoms with Crippen LogP contribution in [0, 0.1) is 5.41 Å². The zero-order valence-corrected chi connectivity index (χ0v) is 9.10. The van der Waals surface area contributed by atoms with Crippen LogP contribution in [0.25, 0.3) is 11.1 Å². The summed E-state index contributed by atoms with van der Waals surface area (Å²) in [5.74, 6) is 0.831. The zero-order chi connectivity index (χ0) is 11.4. The molecule has 0 spiro atoms. The van der Waals surface area contributed by atoms with E-state index in [0.717, 1.165) is 22.4 Å². The smallest absolute Gasteiger partial charge is 0.119 e. The van der Waals surface area contributed by atoms with Gasteiger partial charge in [0.25, 0.3) is 0 Å². The van der Waals surface area contributed by atoms with Gasteiger partial charge in [0.2, 0.25) is 0 Å². The first-order chi connectivity index (χ1) is 7.85. The molecule has 0 amide bonds. The first kappa shape index (κ1) is 10.4. The maximum atomic E-state index is 7.38. The number of benzene rings is 2. The first-order valence-corrected chi connectivity index (χ1v) is 5.09. The molecule has 0 aliphatic rings. The average Bonchev–Trinajstić information content (AvgIpc) is 2.38. The highest BCUT2D eigenvalue weighted by Gasteiger charge is 2.03. The molecule has 2 rings (SSSR count). The molecule has 0 aromatic heterocycles. The number of ether oxygens (including phenoxy) is 1. The van der Waals surface area contributed by atoms with Crippen molar-refractivity contribution in [2.24, 2.45) is 0 Å². The molecule has 2 aromatic rings. The summed E-state index contributed by atoms with van der Waals surface area (Å²) in [4.78, 5) is 0. The van der Waals surface area contributed by atoms with Crippen molar-refractivity contribution in [1.29, 1.82) is 5.41 Å². The fraction of sp³-hybridized carbons (Fsp3) is 0.0714. The standard InChI is InChI=1S/C14H13NO/c1-16-13-7-4-6-11(9-13)14-8-3-2-5-12(14)10-15/h2-10,15H,1H3. The minimum Gasteiger partial charge on any atom is -0.497 e. The van der Waals surface area contributed by atoms with E-state index in [-0.39, 0.29) is 0 Å². The van der Waals surface area contributed by atoms with Crippen LogP contribution in [-0.2, 0) is 0 Å². The summed E-state index contributed by atoms with van der Waals surface area (Å²) in [5.41, 5.74) is 3.03. The Morgan fingerprint density at radius 2 is 1.88 bits per heavy atom. The first-order valence-electron chi connectivity index (χ1n) is 5.09. The highest BCUT2D eigenvalue weighted by atomic mass is 16.5. The van der Waals surface area contributed by atoms with Crippen LogP contribution in [0.1, 0.15) is 5.56 Å². The Labute approximate surface area is 95.0 Å². The van der Waals surface area contributed by atoms with Gasteiger partial charge in [0.05, 0.1) is 7.11 Å². The normalized spacial score (nSPS) is 9.81. The van der Waals surface area contributed by atoms with Gasteiger partial charge in [0, 0.05) is 6.21 Å². The Morgan fingerprint density at radius 1 is 1.06 bits per heavy atom. The molecule has 0 saturated carbocycles. The van der Waals surface area contributed by atoms with E-state index in [2.05, 4.69) is 0 Å². The topological polar surface area (TPSA) is 33.1 Å². The summed E-state index contributed by atoms with van der Waals surface area (Å²) >= 11 is 0. The average molecular weight is 211 g/mol. The van der Waals surface area contributed by atoms with Crippen molar-refractivity contribution in [2.45, 2.75) is 0 Å². The molecule has 0 bridgehead atoms. The number of hydrogen-bond donors (Lipinski definition) is 1. The number of rotatable bonds is 3. The van der Waals surface area contributed by atoms with Gasteiger partial charge in [-0.15, -0.1) is 0 Å². The molecule has 0 radical (unpaired) electrons. The van der Waals surface area contributed by atoms with Crippen molar-refractivity contribution in [3.05, 3.63) is 54.1 Å². The minimum absolute atomic E-state index is 0.831. The van der Waals surface area contributed by atoms with Crippen molar-refractivity contribution in [2.75, 3.05) is 7.11 Å². The predicted molar refractivity (Wildman–Crippen MR) is 66.3 cm³/mol. The fourth-order valence-corrected chi connectivity index (χ4v) is 1.68. The van der Waals surface area contributed by atoms with Crippen molar-refractivity contribution < 1.29 is 4.74 Å². The summed E-state index contributed by atoms with van der Waals surface area (Å²) in [5, 5.41) is 7.38. The molecule has 16 heavy (non-hydrogen) atoms. The van der Waals surface area contributed by atoms with E-state index in [9.17, 15) is 0 Å². The van der Waals surface area contributed by atoms with Gasteiger partial charge in [-0.3, -0.25) is 0 Å². The Bertz CT molecular complexity index is 506. The quantitative estimate of drug-likeness (QED) is 0.776. The Morgan fingerprint density at radius 3 is 2.62 bits per heavy atom. The van der Waals surface area contributed by atoms with Gasteiger partial charge in [-0.05, 0) is 28.8 Å². The van der Waals surface area contributed by atoms with Crippen LogP contribution in [0.5, 0.6) is 5.75 Å². The van der Waals surface area contributed by atoms with E-state index < -0.39 is 0 Å². The third kappa shape index (κ3) is 1.96. The molecule has 0 heterocycles. The Balaban J connectivity index is 2.53. The molecule has 0 saturated heterocycles. The highest BCUT2D eigenvalue weighted by molar-refractivity contribution is 5.88. The minimum atomic E-state index is 0.831. The van der Waals surface area contributed by atoms with Gasteiger partial charge in [-0.1, -0.05) is 36.4 Å². The summed E-state index contributed by atoms with van der Waals surface area (Å²) in [6, 6.07) is 15.7.